The maximum absolute atomic E-state index is 5.86. The highest BCUT2D eigenvalue weighted by Gasteiger charge is 2.32. The van der Waals surface area contributed by atoms with Crippen molar-refractivity contribution in [2.75, 3.05) is 32.9 Å². The van der Waals surface area contributed by atoms with E-state index in [1.54, 1.807) is 0 Å². The van der Waals surface area contributed by atoms with Crippen molar-refractivity contribution in [1.29, 1.82) is 0 Å². The van der Waals surface area contributed by atoms with Crippen molar-refractivity contribution < 1.29 is 9.47 Å². The zero-order valence-corrected chi connectivity index (χ0v) is 10.5. The lowest BCUT2D eigenvalue weighted by Crippen LogP contribution is -2.47. The lowest BCUT2D eigenvalue weighted by atomic mass is 9.89. The third-order valence-corrected chi connectivity index (χ3v) is 3.64. The Morgan fingerprint density at radius 2 is 2.00 bits per heavy atom. The third kappa shape index (κ3) is 3.72. The van der Waals surface area contributed by atoms with Crippen LogP contribution in [0.1, 0.15) is 39.0 Å². The Hall–Kier alpha value is -0.120. The highest BCUT2D eigenvalue weighted by atomic mass is 16.5. The number of nitrogens with one attached hydrogen (secondary N) is 1. The maximum atomic E-state index is 5.86. The van der Waals surface area contributed by atoms with Crippen molar-refractivity contribution in [3.8, 4) is 0 Å². The zero-order chi connectivity index (χ0) is 11.3. The van der Waals surface area contributed by atoms with Crippen LogP contribution in [0.15, 0.2) is 0 Å². The SMILES string of the molecule is CC1(CNCCOC2CCCCC2)COC1. The molecule has 0 amide bonds. The quantitative estimate of drug-likeness (QED) is 0.704. The van der Waals surface area contributed by atoms with E-state index < -0.39 is 0 Å². The van der Waals surface area contributed by atoms with Crippen molar-refractivity contribution in [2.45, 2.75) is 45.1 Å². The minimum Gasteiger partial charge on any atom is -0.380 e. The average Bonchev–Trinajstić information content (AvgIpc) is 2.28. The summed E-state index contributed by atoms with van der Waals surface area (Å²) in [4.78, 5) is 0. The van der Waals surface area contributed by atoms with Gasteiger partial charge in [-0.05, 0) is 12.8 Å². The Balaban J connectivity index is 1.45. The lowest BCUT2D eigenvalue weighted by Gasteiger charge is -2.38. The van der Waals surface area contributed by atoms with Crippen LogP contribution < -0.4 is 5.32 Å². The van der Waals surface area contributed by atoms with Gasteiger partial charge in [-0.3, -0.25) is 0 Å². The van der Waals surface area contributed by atoms with Gasteiger partial charge in [0, 0.05) is 18.5 Å². The number of hydrogen-bond acceptors (Lipinski definition) is 3. The summed E-state index contributed by atoms with van der Waals surface area (Å²) < 4.78 is 11.1. The van der Waals surface area contributed by atoms with Gasteiger partial charge in [0.25, 0.3) is 0 Å². The second-order valence-corrected chi connectivity index (χ2v) is 5.61. The van der Waals surface area contributed by atoms with Crippen molar-refractivity contribution in [3.63, 3.8) is 0 Å². The molecule has 1 heterocycles. The summed E-state index contributed by atoms with van der Waals surface area (Å²) in [6, 6.07) is 0. The molecule has 1 N–H and O–H groups in total. The molecule has 0 aromatic rings. The predicted molar refractivity (Wildman–Crippen MR) is 64.6 cm³/mol. The lowest BCUT2D eigenvalue weighted by molar-refractivity contribution is -0.0996. The summed E-state index contributed by atoms with van der Waals surface area (Å²) in [5.41, 5.74) is 0.380. The number of hydrogen-bond donors (Lipinski definition) is 1. The number of ether oxygens (including phenoxy) is 2. The fourth-order valence-corrected chi connectivity index (χ4v) is 2.47. The second kappa shape index (κ2) is 5.99. The van der Waals surface area contributed by atoms with E-state index in [0.717, 1.165) is 32.9 Å². The molecule has 16 heavy (non-hydrogen) atoms. The van der Waals surface area contributed by atoms with E-state index in [-0.39, 0.29) is 0 Å². The van der Waals surface area contributed by atoms with Crippen LogP contribution in [0.2, 0.25) is 0 Å². The van der Waals surface area contributed by atoms with Gasteiger partial charge >= 0.3 is 0 Å². The molecule has 3 nitrogen and oxygen atoms in total. The van der Waals surface area contributed by atoms with E-state index in [4.69, 9.17) is 9.47 Å². The molecular weight excluding hydrogens is 202 g/mol. The summed E-state index contributed by atoms with van der Waals surface area (Å²) in [6.45, 7) is 6.98. The normalized spacial score (nSPS) is 25.3. The summed E-state index contributed by atoms with van der Waals surface area (Å²) in [5.74, 6) is 0. The maximum Gasteiger partial charge on any atom is 0.0594 e. The highest BCUT2D eigenvalue weighted by Crippen LogP contribution is 2.25. The first-order valence-electron chi connectivity index (χ1n) is 6.69. The molecule has 0 spiro atoms. The predicted octanol–water partition coefficient (Wildman–Crippen LogP) is 1.96. The Morgan fingerprint density at radius 3 is 2.62 bits per heavy atom. The van der Waals surface area contributed by atoms with Crippen molar-refractivity contribution in [3.05, 3.63) is 0 Å². The van der Waals surface area contributed by atoms with E-state index in [1.807, 2.05) is 0 Å². The van der Waals surface area contributed by atoms with E-state index >= 15 is 0 Å². The molecule has 1 aliphatic heterocycles. The largest absolute Gasteiger partial charge is 0.380 e. The Bertz CT molecular complexity index is 198. The van der Waals surface area contributed by atoms with Crippen LogP contribution in [0.25, 0.3) is 0 Å². The third-order valence-electron chi connectivity index (χ3n) is 3.64. The van der Waals surface area contributed by atoms with E-state index in [0.29, 0.717) is 11.5 Å². The summed E-state index contributed by atoms with van der Waals surface area (Å²) in [5, 5.41) is 3.46. The fraction of sp³-hybridized carbons (Fsp3) is 1.00. The van der Waals surface area contributed by atoms with Crippen molar-refractivity contribution >= 4 is 0 Å². The average molecular weight is 227 g/mol. The van der Waals surface area contributed by atoms with Gasteiger partial charge in [-0.1, -0.05) is 26.2 Å². The van der Waals surface area contributed by atoms with E-state index in [9.17, 15) is 0 Å². The Kier molecular flexibility index (Phi) is 4.62. The van der Waals surface area contributed by atoms with Gasteiger partial charge in [0.2, 0.25) is 0 Å². The molecule has 2 aliphatic rings. The second-order valence-electron chi connectivity index (χ2n) is 5.61. The zero-order valence-electron chi connectivity index (χ0n) is 10.5. The molecule has 1 saturated carbocycles. The van der Waals surface area contributed by atoms with Gasteiger partial charge in [-0.15, -0.1) is 0 Å². The summed E-state index contributed by atoms with van der Waals surface area (Å²) >= 11 is 0. The van der Waals surface area contributed by atoms with Crippen molar-refractivity contribution in [2.24, 2.45) is 5.41 Å². The Morgan fingerprint density at radius 1 is 1.25 bits per heavy atom. The molecule has 2 rings (SSSR count). The molecule has 3 heteroatoms. The molecular formula is C13H25NO2. The van der Waals surface area contributed by atoms with Crippen LogP contribution >= 0.6 is 0 Å². The molecule has 1 aliphatic carbocycles. The molecule has 0 bridgehead atoms. The van der Waals surface area contributed by atoms with Gasteiger partial charge < -0.3 is 14.8 Å². The number of rotatable bonds is 6. The van der Waals surface area contributed by atoms with Crippen LogP contribution in [0.3, 0.4) is 0 Å². The molecule has 0 aromatic carbocycles. The topological polar surface area (TPSA) is 30.5 Å². The van der Waals surface area contributed by atoms with Gasteiger partial charge in [-0.2, -0.15) is 0 Å². The first-order valence-corrected chi connectivity index (χ1v) is 6.69. The summed E-state index contributed by atoms with van der Waals surface area (Å²) in [7, 11) is 0. The summed E-state index contributed by atoms with van der Waals surface area (Å²) in [6.07, 6.45) is 7.19. The fourth-order valence-electron chi connectivity index (χ4n) is 2.47. The molecule has 0 unspecified atom stereocenters. The minimum atomic E-state index is 0.380. The first kappa shape index (κ1) is 12.3. The van der Waals surface area contributed by atoms with Crippen LogP contribution in [-0.4, -0.2) is 39.0 Å². The van der Waals surface area contributed by atoms with Gasteiger partial charge in [0.1, 0.15) is 0 Å². The molecule has 0 atom stereocenters. The molecule has 2 fully saturated rings. The van der Waals surface area contributed by atoms with Crippen LogP contribution in [-0.2, 0) is 9.47 Å². The highest BCUT2D eigenvalue weighted by molar-refractivity contribution is 4.82. The molecule has 1 saturated heterocycles. The van der Waals surface area contributed by atoms with Gasteiger partial charge in [0.05, 0.1) is 25.9 Å². The van der Waals surface area contributed by atoms with Crippen LogP contribution in [0, 0.1) is 5.41 Å². The van der Waals surface area contributed by atoms with Crippen molar-refractivity contribution in [1.82, 2.24) is 5.32 Å². The first-order chi connectivity index (χ1) is 7.79. The van der Waals surface area contributed by atoms with Gasteiger partial charge in [-0.25, -0.2) is 0 Å². The van der Waals surface area contributed by atoms with Crippen LogP contribution in [0.4, 0.5) is 0 Å². The standard InChI is InChI=1S/C13H25NO2/c1-13(10-15-11-13)9-14-7-8-16-12-5-3-2-4-6-12/h12,14H,2-11H2,1H3. The smallest absolute Gasteiger partial charge is 0.0594 e. The van der Waals surface area contributed by atoms with E-state index in [2.05, 4.69) is 12.2 Å². The van der Waals surface area contributed by atoms with Crippen LogP contribution in [0.5, 0.6) is 0 Å². The van der Waals surface area contributed by atoms with E-state index in [1.165, 1.54) is 32.1 Å². The minimum absolute atomic E-state index is 0.380. The molecule has 0 aromatic heterocycles. The molecule has 0 radical (unpaired) electrons. The monoisotopic (exact) mass is 227 g/mol. The van der Waals surface area contributed by atoms with Gasteiger partial charge in [0.15, 0.2) is 0 Å². The Labute approximate surface area is 98.9 Å². The molecule has 94 valence electrons.